The molecule has 1 saturated heterocycles. The second-order valence-electron chi connectivity index (χ2n) is 4.74. The van der Waals surface area contributed by atoms with Gasteiger partial charge in [-0.25, -0.2) is 0 Å². The number of carbonyl (C=O) groups is 1. The summed E-state index contributed by atoms with van der Waals surface area (Å²) in [4.78, 5) is 11.9. The summed E-state index contributed by atoms with van der Waals surface area (Å²) in [5.41, 5.74) is 0.265. The number of carbonyl (C=O) groups excluding carboxylic acids is 1. The molecular weight excluding hydrogens is 324 g/mol. The number of benzene rings is 1. The molecule has 1 aromatic rings. The van der Waals surface area contributed by atoms with Gasteiger partial charge in [-0.1, -0.05) is 15.9 Å². The molecule has 6 heteroatoms. The van der Waals surface area contributed by atoms with Crippen LogP contribution >= 0.6 is 15.9 Å². The molecule has 0 radical (unpaired) electrons. The lowest BCUT2D eigenvalue weighted by atomic mass is 10.1. The van der Waals surface area contributed by atoms with Gasteiger partial charge < -0.3 is 20.5 Å². The molecule has 1 amide bonds. The number of piperidine rings is 1. The Morgan fingerprint density at radius 1 is 1.45 bits per heavy atom. The maximum Gasteiger partial charge on any atom is 0.255 e. The highest BCUT2D eigenvalue weighted by Gasteiger charge is 2.14. The molecule has 1 fully saturated rings. The van der Waals surface area contributed by atoms with Crippen molar-refractivity contribution in [1.82, 2.24) is 10.6 Å². The SMILES string of the molecule is O=C(NCCOC1CCNCC1)c1cc(Br)ccc1O. The van der Waals surface area contributed by atoms with Gasteiger partial charge in [-0.05, 0) is 44.1 Å². The molecule has 1 aliphatic heterocycles. The summed E-state index contributed by atoms with van der Waals surface area (Å²) < 4.78 is 6.45. The molecule has 0 saturated carbocycles. The zero-order valence-corrected chi connectivity index (χ0v) is 12.8. The minimum Gasteiger partial charge on any atom is -0.507 e. The molecule has 0 aromatic heterocycles. The largest absolute Gasteiger partial charge is 0.507 e. The molecule has 0 atom stereocenters. The summed E-state index contributed by atoms with van der Waals surface area (Å²) in [5, 5.41) is 15.7. The number of phenolic OH excluding ortho intramolecular Hbond substituents is 1. The highest BCUT2D eigenvalue weighted by molar-refractivity contribution is 9.10. The average molecular weight is 343 g/mol. The van der Waals surface area contributed by atoms with E-state index in [9.17, 15) is 9.90 Å². The number of phenols is 1. The van der Waals surface area contributed by atoms with Gasteiger partial charge in [0.1, 0.15) is 5.75 Å². The Morgan fingerprint density at radius 2 is 2.20 bits per heavy atom. The zero-order chi connectivity index (χ0) is 14.4. The number of hydrogen-bond donors (Lipinski definition) is 3. The van der Waals surface area contributed by atoms with Crippen molar-refractivity contribution >= 4 is 21.8 Å². The van der Waals surface area contributed by atoms with Gasteiger partial charge >= 0.3 is 0 Å². The molecular formula is C14H19BrN2O3. The maximum absolute atomic E-state index is 11.9. The van der Waals surface area contributed by atoms with Gasteiger partial charge in [0.2, 0.25) is 0 Å². The highest BCUT2D eigenvalue weighted by atomic mass is 79.9. The number of hydrogen-bond acceptors (Lipinski definition) is 4. The minimum atomic E-state index is -0.294. The Bertz CT molecular complexity index is 462. The number of halogens is 1. The van der Waals surface area contributed by atoms with E-state index < -0.39 is 0 Å². The predicted molar refractivity (Wildman–Crippen MR) is 80.0 cm³/mol. The fourth-order valence-electron chi connectivity index (χ4n) is 2.14. The monoisotopic (exact) mass is 342 g/mol. The molecule has 2 rings (SSSR count). The van der Waals surface area contributed by atoms with Crippen LogP contribution in [0.2, 0.25) is 0 Å². The summed E-state index contributed by atoms with van der Waals surface area (Å²) in [6.07, 6.45) is 2.31. The molecule has 0 aliphatic carbocycles. The quantitative estimate of drug-likeness (QED) is 0.711. The topological polar surface area (TPSA) is 70.6 Å². The van der Waals surface area contributed by atoms with Gasteiger partial charge in [0.15, 0.2) is 0 Å². The molecule has 0 spiro atoms. The van der Waals surface area contributed by atoms with Crippen molar-refractivity contribution in [2.75, 3.05) is 26.2 Å². The van der Waals surface area contributed by atoms with Gasteiger partial charge in [-0.15, -0.1) is 0 Å². The van der Waals surface area contributed by atoms with Crippen LogP contribution in [0.4, 0.5) is 0 Å². The van der Waals surface area contributed by atoms with Crippen molar-refractivity contribution < 1.29 is 14.6 Å². The van der Waals surface area contributed by atoms with Crippen molar-refractivity contribution in [2.45, 2.75) is 18.9 Å². The van der Waals surface area contributed by atoms with E-state index in [0.717, 1.165) is 30.4 Å². The summed E-state index contributed by atoms with van der Waals surface area (Å²) in [6.45, 7) is 2.91. The normalized spacial score (nSPS) is 16.1. The molecule has 0 bridgehead atoms. The lowest BCUT2D eigenvalue weighted by Gasteiger charge is -2.22. The molecule has 0 unspecified atom stereocenters. The van der Waals surface area contributed by atoms with Crippen molar-refractivity contribution in [1.29, 1.82) is 0 Å². The van der Waals surface area contributed by atoms with Crippen molar-refractivity contribution in [3.8, 4) is 5.75 Å². The van der Waals surface area contributed by atoms with Crippen LogP contribution in [0, 0.1) is 0 Å². The standard InChI is InChI=1S/C14H19BrN2O3/c15-10-1-2-13(18)12(9-10)14(19)17-7-8-20-11-3-5-16-6-4-11/h1-2,9,11,16,18H,3-8H2,(H,17,19). The fourth-order valence-corrected chi connectivity index (χ4v) is 2.50. The smallest absolute Gasteiger partial charge is 0.255 e. The first-order chi connectivity index (χ1) is 9.66. The molecule has 20 heavy (non-hydrogen) atoms. The van der Waals surface area contributed by atoms with Crippen molar-refractivity contribution in [3.05, 3.63) is 28.2 Å². The van der Waals surface area contributed by atoms with Crippen LogP contribution in [0.15, 0.2) is 22.7 Å². The fraction of sp³-hybridized carbons (Fsp3) is 0.500. The van der Waals surface area contributed by atoms with E-state index in [-0.39, 0.29) is 23.3 Å². The predicted octanol–water partition coefficient (Wildman–Crippen LogP) is 1.65. The van der Waals surface area contributed by atoms with Crippen LogP contribution in [-0.2, 0) is 4.74 Å². The van der Waals surface area contributed by atoms with E-state index in [1.165, 1.54) is 6.07 Å². The van der Waals surface area contributed by atoms with E-state index in [1.807, 2.05) is 0 Å². The zero-order valence-electron chi connectivity index (χ0n) is 11.2. The Morgan fingerprint density at radius 3 is 2.95 bits per heavy atom. The molecule has 5 nitrogen and oxygen atoms in total. The second-order valence-corrected chi connectivity index (χ2v) is 5.65. The van der Waals surface area contributed by atoms with Crippen LogP contribution < -0.4 is 10.6 Å². The maximum atomic E-state index is 11.9. The van der Waals surface area contributed by atoms with Crippen LogP contribution in [0.5, 0.6) is 5.75 Å². The third-order valence-electron chi connectivity index (χ3n) is 3.23. The highest BCUT2D eigenvalue weighted by Crippen LogP contribution is 2.21. The van der Waals surface area contributed by atoms with Crippen LogP contribution in [0.1, 0.15) is 23.2 Å². The Kier molecular flexibility index (Phi) is 5.82. The van der Waals surface area contributed by atoms with E-state index in [2.05, 4.69) is 26.6 Å². The summed E-state index contributed by atoms with van der Waals surface area (Å²) >= 11 is 3.28. The Labute approximate surface area is 126 Å². The number of aromatic hydroxyl groups is 1. The third-order valence-corrected chi connectivity index (χ3v) is 3.72. The summed E-state index contributed by atoms with van der Waals surface area (Å²) in [7, 11) is 0. The third kappa shape index (κ3) is 4.47. The molecule has 3 N–H and O–H groups in total. The lowest BCUT2D eigenvalue weighted by Crippen LogP contribution is -2.34. The lowest BCUT2D eigenvalue weighted by molar-refractivity contribution is 0.0343. The first-order valence-electron chi connectivity index (χ1n) is 6.76. The Balaban J connectivity index is 1.73. The minimum absolute atomic E-state index is 0.0232. The molecule has 1 heterocycles. The van der Waals surface area contributed by atoms with Crippen LogP contribution in [-0.4, -0.2) is 43.4 Å². The van der Waals surface area contributed by atoms with E-state index in [1.54, 1.807) is 12.1 Å². The summed E-state index contributed by atoms with van der Waals surface area (Å²) in [6, 6.07) is 4.77. The first kappa shape index (κ1) is 15.3. The summed E-state index contributed by atoms with van der Waals surface area (Å²) in [5.74, 6) is -0.317. The van der Waals surface area contributed by atoms with Gasteiger partial charge in [0.05, 0.1) is 18.3 Å². The van der Waals surface area contributed by atoms with Gasteiger partial charge in [0, 0.05) is 11.0 Å². The van der Waals surface area contributed by atoms with E-state index in [0.29, 0.717) is 13.2 Å². The van der Waals surface area contributed by atoms with Crippen LogP contribution in [0.25, 0.3) is 0 Å². The Hall–Kier alpha value is -1.11. The van der Waals surface area contributed by atoms with Gasteiger partial charge in [-0.2, -0.15) is 0 Å². The van der Waals surface area contributed by atoms with E-state index >= 15 is 0 Å². The molecule has 1 aliphatic rings. The van der Waals surface area contributed by atoms with Crippen LogP contribution in [0.3, 0.4) is 0 Å². The van der Waals surface area contributed by atoms with Gasteiger partial charge in [-0.3, -0.25) is 4.79 Å². The molecule has 110 valence electrons. The number of rotatable bonds is 5. The first-order valence-corrected chi connectivity index (χ1v) is 7.55. The number of nitrogens with one attached hydrogen (secondary N) is 2. The van der Waals surface area contributed by atoms with Gasteiger partial charge in [0.25, 0.3) is 5.91 Å². The average Bonchev–Trinajstić information content (AvgIpc) is 2.47. The second kappa shape index (κ2) is 7.61. The number of amides is 1. The van der Waals surface area contributed by atoms with E-state index in [4.69, 9.17) is 4.74 Å². The molecule has 1 aromatic carbocycles. The van der Waals surface area contributed by atoms with Crippen molar-refractivity contribution in [2.24, 2.45) is 0 Å². The van der Waals surface area contributed by atoms with Crippen molar-refractivity contribution in [3.63, 3.8) is 0 Å². The number of ether oxygens (including phenoxy) is 1.